The monoisotopic (exact) mass is 497 g/mol. The Balaban J connectivity index is 2.10. The zero-order valence-corrected chi connectivity index (χ0v) is 21.2. The third-order valence-electron chi connectivity index (χ3n) is 4.63. The third-order valence-corrected chi connectivity index (χ3v) is 4.63. The maximum Gasteiger partial charge on any atom is 0.408 e. The summed E-state index contributed by atoms with van der Waals surface area (Å²) in [6.45, 7) is 11.2. The minimum atomic E-state index is -1.05. The number of nitrogens with one attached hydrogen (secondary N) is 2. The Morgan fingerprint density at radius 1 is 1.19 bits per heavy atom. The van der Waals surface area contributed by atoms with Gasteiger partial charge in [0.15, 0.2) is 11.5 Å². The van der Waals surface area contributed by atoms with E-state index in [2.05, 4.69) is 22.4 Å². The van der Waals surface area contributed by atoms with Gasteiger partial charge in [0.05, 0.1) is 26.0 Å². The van der Waals surface area contributed by atoms with Gasteiger partial charge in [-0.25, -0.2) is 10.2 Å². The van der Waals surface area contributed by atoms with Crippen molar-refractivity contribution in [2.45, 2.75) is 52.4 Å². The summed E-state index contributed by atoms with van der Waals surface area (Å²) in [5.74, 6) is -0.237. The Morgan fingerprint density at radius 2 is 1.92 bits per heavy atom. The molecule has 2 aromatic carbocycles. The average molecular weight is 498 g/mol. The summed E-state index contributed by atoms with van der Waals surface area (Å²) in [5, 5.41) is 16.9. The topological polar surface area (TPSA) is 118 Å². The van der Waals surface area contributed by atoms with Gasteiger partial charge < -0.3 is 24.6 Å². The highest BCUT2D eigenvalue weighted by atomic mass is 16.6. The fourth-order valence-corrected chi connectivity index (χ4v) is 3.09. The van der Waals surface area contributed by atoms with Gasteiger partial charge in [0.25, 0.3) is 5.91 Å². The first kappa shape index (κ1) is 28.4. The number of hydrogen-bond acceptors (Lipinski definition) is 7. The molecule has 0 radical (unpaired) electrons. The Morgan fingerprint density at radius 3 is 2.56 bits per heavy atom. The predicted octanol–water partition coefficient (Wildman–Crippen LogP) is 4.08. The lowest BCUT2D eigenvalue weighted by Crippen LogP contribution is -2.49. The van der Waals surface area contributed by atoms with E-state index in [1.807, 2.05) is 37.3 Å². The summed E-state index contributed by atoms with van der Waals surface area (Å²) >= 11 is 0. The molecular weight excluding hydrogens is 462 g/mol. The van der Waals surface area contributed by atoms with E-state index in [0.717, 1.165) is 5.56 Å². The van der Waals surface area contributed by atoms with Crippen LogP contribution in [0, 0.1) is 0 Å². The Hall–Kier alpha value is -3.85. The molecule has 0 saturated carbocycles. The number of hydrazone groups is 1. The summed E-state index contributed by atoms with van der Waals surface area (Å²) in [6, 6.07) is 11.7. The fourth-order valence-electron chi connectivity index (χ4n) is 3.09. The normalized spacial score (nSPS) is 12.1. The number of phenolic OH excluding ortho intramolecular Hbond substituents is 1. The van der Waals surface area contributed by atoms with Crippen molar-refractivity contribution in [3.05, 3.63) is 71.8 Å². The van der Waals surface area contributed by atoms with Gasteiger partial charge in [-0.3, -0.25) is 4.79 Å². The van der Waals surface area contributed by atoms with Crippen LogP contribution >= 0.6 is 0 Å². The van der Waals surface area contributed by atoms with Crippen molar-refractivity contribution in [1.29, 1.82) is 0 Å². The quantitative estimate of drug-likeness (QED) is 0.231. The molecule has 0 heterocycles. The smallest absolute Gasteiger partial charge is 0.408 e. The van der Waals surface area contributed by atoms with Gasteiger partial charge in [-0.2, -0.15) is 5.10 Å². The molecule has 0 aromatic heterocycles. The van der Waals surface area contributed by atoms with Gasteiger partial charge in [0.2, 0.25) is 0 Å². The van der Waals surface area contributed by atoms with Crippen molar-refractivity contribution < 1.29 is 28.9 Å². The van der Waals surface area contributed by atoms with Crippen LogP contribution in [0.3, 0.4) is 0 Å². The Kier molecular flexibility index (Phi) is 11.0. The van der Waals surface area contributed by atoms with Crippen molar-refractivity contribution in [1.82, 2.24) is 10.7 Å². The molecule has 2 rings (SSSR count). The van der Waals surface area contributed by atoms with E-state index in [9.17, 15) is 14.7 Å². The molecule has 194 valence electrons. The molecule has 0 bridgehead atoms. The fraction of sp³-hybridized carbons (Fsp3) is 0.370. The number of aromatic hydroxyl groups is 1. The van der Waals surface area contributed by atoms with Crippen LogP contribution in [-0.4, -0.2) is 48.2 Å². The second-order valence-electron chi connectivity index (χ2n) is 8.89. The minimum absolute atomic E-state index is 0.0372. The molecule has 0 fully saturated rings. The van der Waals surface area contributed by atoms with E-state index in [0.29, 0.717) is 29.9 Å². The molecule has 1 atom stereocenters. The highest BCUT2D eigenvalue weighted by Crippen LogP contribution is 2.31. The summed E-state index contributed by atoms with van der Waals surface area (Å²) in [5.41, 5.74) is 3.84. The SMILES string of the molecule is C=CCc1cc(/C=N\NC(=O)[C@H](COCc2ccccc2)NC(=O)OC(C)(C)C)cc(OCC)c1O. The van der Waals surface area contributed by atoms with E-state index < -0.39 is 23.6 Å². The van der Waals surface area contributed by atoms with Gasteiger partial charge in [-0.05, 0) is 57.4 Å². The standard InChI is InChI=1S/C27H35N3O6/c1-6-11-21-14-20(15-23(24(21)31)35-7-2)16-28-30-25(32)22(29-26(33)36-27(3,4)5)18-34-17-19-12-9-8-10-13-19/h6,8-10,12-16,22,31H,1,7,11,17-18H2,2-5H3,(H,29,33)(H,30,32)/b28-16-/t22-/m0/s1. The zero-order chi connectivity index (χ0) is 26.6. The molecule has 2 amide bonds. The average Bonchev–Trinajstić information content (AvgIpc) is 2.81. The maximum absolute atomic E-state index is 12.8. The molecule has 9 nitrogen and oxygen atoms in total. The van der Waals surface area contributed by atoms with Gasteiger partial charge >= 0.3 is 6.09 Å². The first-order valence-electron chi connectivity index (χ1n) is 11.7. The largest absolute Gasteiger partial charge is 0.504 e. The van der Waals surface area contributed by atoms with Crippen molar-refractivity contribution in [2.75, 3.05) is 13.2 Å². The first-order chi connectivity index (χ1) is 17.1. The molecule has 0 aliphatic carbocycles. The molecule has 0 saturated heterocycles. The van der Waals surface area contributed by atoms with Crippen LogP contribution in [0.1, 0.15) is 44.4 Å². The number of amides is 2. The lowest BCUT2D eigenvalue weighted by Gasteiger charge is -2.22. The number of alkyl carbamates (subject to hydrolysis) is 1. The van der Waals surface area contributed by atoms with E-state index in [1.165, 1.54) is 6.21 Å². The number of allylic oxidation sites excluding steroid dienone is 1. The molecule has 36 heavy (non-hydrogen) atoms. The van der Waals surface area contributed by atoms with Crippen molar-refractivity contribution in [3.8, 4) is 11.5 Å². The number of hydrogen-bond donors (Lipinski definition) is 3. The highest BCUT2D eigenvalue weighted by molar-refractivity contribution is 5.88. The maximum atomic E-state index is 12.8. The second-order valence-corrected chi connectivity index (χ2v) is 8.89. The van der Waals surface area contributed by atoms with Crippen LogP contribution in [0.15, 0.2) is 60.2 Å². The molecule has 0 aliphatic heterocycles. The third kappa shape index (κ3) is 9.79. The molecule has 0 aliphatic rings. The highest BCUT2D eigenvalue weighted by Gasteiger charge is 2.24. The van der Waals surface area contributed by atoms with Crippen molar-refractivity contribution in [3.63, 3.8) is 0 Å². The Bertz CT molecular complexity index is 1050. The second kappa shape index (κ2) is 13.9. The lowest BCUT2D eigenvalue weighted by atomic mass is 10.1. The number of benzene rings is 2. The summed E-state index contributed by atoms with van der Waals surface area (Å²) < 4.78 is 16.4. The van der Waals surface area contributed by atoms with Gasteiger partial charge in [-0.1, -0.05) is 36.4 Å². The Labute approximate surface area is 212 Å². The minimum Gasteiger partial charge on any atom is -0.504 e. The number of phenols is 1. The van der Waals surface area contributed by atoms with E-state index in [1.54, 1.807) is 39.0 Å². The number of nitrogens with zero attached hydrogens (tertiary/aromatic N) is 1. The van der Waals surface area contributed by atoms with E-state index >= 15 is 0 Å². The van der Waals surface area contributed by atoms with Crippen molar-refractivity contribution in [2.24, 2.45) is 5.10 Å². The summed E-state index contributed by atoms with van der Waals surface area (Å²) in [7, 11) is 0. The van der Waals surface area contributed by atoms with Gasteiger partial charge in [0, 0.05) is 5.56 Å². The molecule has 0 spiro atoms. The molecule has 2 aromatic rings. The van der Waals surface area contributed by atoms with Crippen LogP contribution in [0.4, 0.5) is 4.79 Å². The van der Waals surface area contributed by atoms with Crippen LogP contribution in [0.2, 0.25) is 0 Å². The van der Waals surface area contributed by atoms with E-state index in [-0.39, 0.29) is 19.0 Å². The summed E-state index contributed by atoms with van der Waals surface area (Å²) in [6.07, 6.45) is 2.77. The molecule has 9 heteroatoms. The number of carbonyl (C=O) groups excluding carboxylic acids is 2. The number of ether oxygens (including phenoxy) is 3. The van der Waals surface area contributed by atoms with Gasteiger partial charge in [0.1, 0.15) is 11.6 Å². The van der Waals surface area contributed by atoms with Crippen LogP contribution in [-0.2, 0) is 27.3 Å². The molecule has 3 N–H and O–H groups in total. The summed E-state index contributed by atoms with van der Waals surface area (Å²) in [4.78, 5) is 25.1. The molecular formula is C27H35N3O6. The number of carbonyl (C=O) groups is 2. The van der Waals surface area contributed by atoms with Crippen LogP contribution in [0.25, 0.3) is 0 Å². The van der Waals surface area contributed by atoms with Crippen LogP contribution < -0.4 is 15.5 Å². The number of rotatable bonds is 12. The van der Waals surface area contributed by atoms with E-state index in [4.69, 9.17) is 14.2 Å². The first-order valence-corrected chi connectivity index (χ1v) is 11.7. The van der Waals surface area contributed by atoms with Crippen molar-refractivity contribution >= 4 is 18.2 Å². The molecule has 0 unspecified atom stereocenters. The zero-order valence-electron chi connectivity index (χ0n) is 21.2. The lowest BCUT2D eigenvalue weighted by molar-refractivity contribution is -0.124. The predicted molar refractivity (Wildman–Crippen MR) is 138 cm³/mol. The van der Waals surface area contributed by atoms with Gasteiger partial charge in [-0.15, -0.1) is 6.58 Å². The van der Waals surface area contributed by atoms with Crippen LogP contribution in [0.5, 0.6) is 11.5 Å².